The second kappa shape index (κ2) is 7.19. The molecule has 2 rings (SSSR count). The van der Waals surface area contributed by atoms with E-state index in [-0.39, 0.29) is 5.82 Å². The highest BCUT2D eigenvalue weighted by atomic mass is 19.1. The van der Waals surface area contributed by atoms with Crippen molar-refractivity contribution in [1.29, 1.82) is 0 Å². The third kappa shape index (κ3) is 4.03. The average molecular weight is 278 g/mol. The largest absolute Gasteiger partial charge is 0.313 e. The molecule has 1 aliphatic rings. The smallest absolute Gasteiger partial charge is 0.123 e. The standard InChI is InChI=1S/C17H27FN2/c1-13(2)15-8-10-20(12-15)11-9-17(19-3)14-4-6-16(18)7-5-14/h4-7,13,15,17,19H,8-12H2,1-3H3. The fraction of sp³-hybridized carbons (Fsp3) is 0.647. The van der Waals surface area contributed by atoms with E-state index in [2.05, 4.69) is 24.1 Å². The van der Waals surface area contributed by atoms with Crippen LogP contribution in [0.2, 0.25) is 0 Å². The first kappa shape index (κ1) is 15.5. The Bertz CT molecular complexity index is 402. The van der Waals surface area contributed by atoms with Gasteiger partial charge in [-0.15, -0.1) is 0 Å². The van der Waals surface area contributed by atoms with Crippen molar-refractivity contribution in [3.8, 4) is 0 Å². The van der Waals surface area contributed by atoms with Gasteiger partial charge in [0.1, 0.15) is 5.82 Å². The molecule has 0 bridgehead atoms. The van der Waals surface area contributed by atoms with Crippen molar-refractivity contribution in [2.45, 2.75) is 32.7 Å². The van der Waals surface area contributed by atoms with Crippen molar-refractivity contribution in [2.75, 3.05) is 26.7 Å². The van der Waals surface area contributed by atoms with Gasteiger partial charge >= 0.3 is 0 Å². The molecule has 2 unspecified atom stereocenters. The van der Waals surface area contributed by atoms with Crippen LogP contribution >= 0.6 is 0 Å². The molecule has 1 N–H and O–H groups in total. The van der Waals surface area contributed by atoms with Gasteiger partial charge < -0.3 is 10.2 Å². The second-order valence-electron chi connectivity index (χ2n) is 6.27. The fourth-order valence-electron chi connectivity index (χ4n) is 3.09. The molecule has 1 fully saturated rings. The minimum Gasteiger partial charge on any atom is -0.313 e. The normalized spacial score (nSPS) is 21.6. The molecule has 1 heterocycles. The number of hydrogen-bond donors (Lipinski definition) is 1. The Balaban J connectivity index is 1.84. The van der Waals surface area contributed by atoms with Crippen molar-refractivity contribution in [1.82, 2.24) is 10.2 Å². The molecular weight excluding hydrogens is 251 g/mol. The molecule has 112 valence electrons. The van der Waals surface area contributed by atoms with Crippen molar-refractivity contribution in [2.24, 2.45) is 11.8 Å². The first-order valence-corrected chi connectivity index (χ1v) is 7.75. The molecule has 1 aromatic rings. The van der Waals surface area contributed by atoms with E-state index in [0.29, 0.717) is 6.04 Å². The van der Waals surface area contributed by atoms with E-state index in [4.69, 9.17) is 0 Å². The summed E-state index contributed by atoms with van der Waals surface area (Å²) in [4.78, 5) is 2.57. The molecule has 0 radical (unpaired) electrons. The van der Waals surface area contributed by atoms with Gasteiger partial charge in [0.05, 0.1) is 0 Å². The Morgan fingerprint density at radius 3 is 2.55 bits per heavy atom. The zero-order chi connectivity index (χ0) is 14.5. The van der Waals surface area contributed by atoms with Gasteiger partial charge in [0.25, 0.3) is 0 Å². The van der Waals surface area contributed by atoms with E-state index in [1.54, 1.807) is 12.1 Å². The lowest BCUT2D eigenvalue weighted by Gasteiger charge is -2.22. The van der Waals surface area contributed by atoms with Crippen LogP contribution < -0.4 is 5.32 Å². The van der Waals surface area contributed by atoms with Crippen LogP contribution in [0.5, 0.6) is 0 Å². The van der Waals surface area contributed by atoms with Crippen molar-refractivity contribution in [3.05, 3.63) is 35.6 Å². The number of benzene rings is 1. The van der Waals surface area contributed by atoms with Crippen LogP contribution in [0.1, 0.15) is 38.3 Å². The summed E-state index contributed by atoms with van der Waals surface area (Å²) < 4.78 is 13.0. The first-order chi connectivity index (χ1) is 9.60. The Kier molecular flexibility index (Phi) is 5.55. The van der Waals surface area contributed by atoms with Crippen LogP contribution in [0.15, 0.2) is 24.3 Å². The highest BCUT2D eigenvalue weighted by Gasteiger charge is 2.25. The maximum atomic E-state index is 13.0. The summed E-state index contributed by atoms with van der Waals surface area (Å²) in [6.45, 7) is 8.22. The molecule has 0 aliphatic carbocycles. The summed E-state index contributed by atoms with van der Waals surface area (Å²) in [6, 6.07) is 7.18. The van der Waals surface area contributed by atoms with Crippen molar-refractivity contribution in [3.63, 3.8) is 0 Å². The molecule has 0 spiro atoms. The van der Waals surface area contributed by atoms with Gasteiger partial charge in [-0.05, 0) is 62.5 Å². The molecule has 0 amide bonds. The van der Waals surface area contributed by atoms with Crippen LogP contribution in [0.4, 0.5) is 4.39 Å². The SMILES string of the molecule is CNC(CCN1CCC(C(C)C)C1)c1ccc(F)cc1. The minimum atomic E-state index is -0.164. The minimum absolute atomic E-state index is 0.164. The van der Waals surface area contributed by atoms with Crippen LogP contribution in [-0.2, 0) is 0 Å². The van der Waals surface area contributed by atoms with Gasteiger partial charge in [-0.2, -0.15) is 0 Å². The molecule has 2 nitrogen and oxygen atoms in total. The lowest BCUT2D eigenvalue weighted by atomic mass is 9.95. The Hall–Kier alpha value is -0.930. The van der Waals surface area contributed by atoms with Gasteiger partial charge in [0.2, 0.25) is 0 Å². The van der Waals surface area contributed by atoms with Crippen molar-refractivity contribution < 1.29 is 4.39 Å². The molecule has 1 aromatic carbocycles. The summed E-state index contributed by atoms with van der Waals surface area (Å²) in [6.07, 6.45) is 2.41. The van der Waals surface area contributed by atoms with Crippen LogP contribution in [0.25, 0.3) is 0 Å². The summed E-state index contributed by atoms with van der Waals surface area (Å²) in [5.74, 6) is 1.48. The first-order valence-electron chi connectivity index (χ1n) is 7.75. The third-order valence-corrected chi connectivity index (χ3v) is 4.61. The number of nitrogens with zero attached hydrogens (tertiary/aromatic N) is 1. The topological polar surface area (TPSA) is 15.3 Å². The monoisotopic (exact) mass is 278 g/mol. The lowest BCUT2D eigenvalue weighted by Crippen LogP contribution is -2.27. The molecule has 1 aliphatic heterocycles. The van der Waals surface area contributed by atoms with Crippen LogP contribution in [0, 0.1) is 17.7 Å². The van der Waals surface area contributed by atoms with E-state index < -0.39 is 0 Å². The maximum absolute atomic E-state index is 13.0. The molecule has 20 heavy (non-hydrogen) atoms. The van der Waals surface area contributed by atoms with Gasteiger partial charge in [0.15, 0.2) is 0 Å². The van der Waals surface area contributed by atoms with Gasteiger partial charge in [0, 0.05) is 12.6 Å². The second-order valence-corrected chi connectivity index (χ2v) is 6.27. The number of hydrogen-bond acceptors (Lipinski definition) is 2. The third-order valence-electron chi connectivity index (χ3n) is 4.61. The number of nitrogens with one attached hydrogen (secondary N) is 1. The fourth-order valence-corrected chi connectivity index (χ4v) is 3.09. The van der Waals surface area contributed by atoms with Gasteiger partial charge in [-0.3, -0.25) is 0 Å². The summed E-state index contributed by atoms with van der Waals surface area (Å²) in [5.41, 5.74) is 1.17. The number of rotatable bonds is 6. The average Bonchev–Trinajstić information content (AvgIpc) is 2.90. The summed E-state index contributed by atoms with van der Waals surface area (Å²) >= 11 is 0. The Labute approximate surface area is 122 Å². The lowest BCUT2D eigenvalue weighted by molar-refractivity contribution is 0.287. The van der Waals surface area contributed by atoms with Crippen LogP contribution in [-0.4, -0.2) is 31.6 Å². The van der Waals surface area contributed by atoms with Crippen molar-refractivity contribution >= 4 is 0 Å². The molecule has 2 atom stereocenters. The Morgan fingerprint density at radius 1 is 1.30 bits per heavy atom. The van der Waals surface area contributed by atoms with E-state index in [1.165, 1.54) is 25.1 Å². The summed E-state index contributed by atoms with van der Waals surface area (Å²) in [5, 5.41) is 3.35. The molecule has 3 heteroatoms. The van der Waals surface area contributed by atoms with E-state index >= 15 is 0 Å². The quantitative estimate of drug-likeness (QED) is 0.857. The predicted octanol–water partition coefficient (Wildman–Crippen LogP) is 3.45. The maximum Gasteiger partial charge on any atom is 0.123 e. The molecule has 0 saturated carbocycles. The number of likely N-dealkylation sites (tertiary alicyclic amines) is 1. The zero-order valence-electron chi connectivity index (χ0n) is 12.9. The van der Waals surface area contributed by atoms with E-state index in [1.807, 2.05) is 19.2 Å². The predicted molar refractivity (Wildman–Crippen MR) is 82.2 cm³/mol. The van der Waals surface area contributed by atoms with Gasteiger partial charge in [-0.1, -0.05) is 26.0 Å². The highest BCUT2D eigenvalue weighted by molar-refractivity contribution is 5.19. The van der Waals surface area contributed by atoms with Gasteiger partial charge in [-0.25, -0.2) is 4.39 Å². The highest BCUT2D eigenvalue weighted by Crippen LogP contribution is 2.25. The number of halogens is 1. The molecule has 0 aromatic heterocycles. The molecular formula is C17H27FN2. The van der Waals surface area contributed by atoms with E-state index in [0.717, 1.165) is 24.8 Å². The molecule has 1 saturated heterocycles. The Morgan fingerprint density at radius 2 is 2.00 bits per heavy atom. The van der Waals surface area contributed by atoms with Crippen LogP contribution in [0.3, 0.4) is 0 Å². The summed E-state index contributed by atoms with van der Waals surface area (Å²) in [7, 11) is 1.98. The zero-order valence-corrected chi connectivity index (χ0v) is 12.9. The van der Waals surface area contributed by atoms with E-state index in [9.17, 15) is 4.39 Å².